The predicted molar refractivity (Wildman–Crippen MR) is 100.0 cm³/mol. The molecule has 1 fully saturated rings. The zero-order chi connectivity index (χ0) is 16.8. The zero-order valence-corrected chi connectivity index (χ0v) is 14.6. The summed E-state index contributed by atoms with van der Waals surface area (Å²) in [5.74, 6) is 1.95. The molecule has 2 aliphatic rings. The van der Waals surface area contributed by atoms with Crippen molar-refractivity contribution >= 4 is 21.4 Å². The van der Waals surface area contributed by atoms with Gasteiger partial charge in [-0.25, -0.2) is 0 Å². The Bertz CT molecular complexity index is 987. The molecule has 0 N–H and O–H groups in total. The summed E-state index contributed by atoms with van der Waals surface area (Å²) in [4.78, 5) is 2.53. The van der Waals surface area contributed by atoms with Crippen molar-refractivity contribution in [2.24, 2.45) is 5.92 Å². The molecule has 2 aromatic carbocycles. The smallest absolute Gasteiger partial charge is 0.122 e. The highest BCUT2D eigenvalue weighted by Crippen LogP contribution is 2.42. The van der Waals surface area contributed by atoms with Crippen molar-refractivity contribution < 1.29 is 4.74 Å². The summed E-state index contributed by atoms with van der Waals surface area (Å²) in [6, 6.07) is 17.1. The number of thiophene rings is 1. The Kier molecular flexibility index (Phi) is 3.51. The van der Waals surface area contributed by atoms with Gasteiger partial charge in [-0.15, -0.1) is 11.3 Å². The van der Waals surface area contributed by atoms with E-state index in [-0.39, 0.29) is 0 Å². The molecule has 2 aliphatic heterocycles. The summed E-state index contributed by atoms with van der Waals surface area (Å²) < 4.78 is 7.30. The molecule has 0 radical (unpaired) electrons. The number of hydrogen-bond acceptors (Lipinski definition) is 4. The molecule has 0 saturated carbocycles. The Morgan fingerprint density at radius 2 is 2.12 bits per heavy atom. The van der Waals surface area contributed by atoms with E-state index < -0.39 is 0 Å². The Morgan fingerprint density at radius 3 is 3.04 bits per heavy atom. The number of nitrogens with zero attached hydrogens (tertiary/aromatic N) is 2. The second-order valence-electron chi connectivity index (χ2n) is 7.03. The summed E-state index contributed by atoms with van der Waals surface area (Å²) in [7, 11) is 0. The molecule has 25 heavy (non-hydrogen) atoms. The van der Waals surface area contributed by atoms with Crippen LogP contribution in [0.1, 0.15) is 22.6 Å². The van der Waals surface area contributed by atoms with E-state index >= 15 is 0 Å². The molecule has 0 spiro atoms. The summed E-state index contributed by atoms with van der Waals surface area (Å²) in [5, 5.41) is 12.7. The number of fused-ring (bicyclic) bond motifs is 4. The summed E-state index contributed by atoms with van der Waals surface area (Å²) >= 11 is 1.79. The van der Waals surface area contributed by atoms with Gasteiger partial charge in [-0.2, -0.15) is 5.26 Å². The highest BCUT2D eigenvalue weighted by Gasteiger charge is 2.38. The van der Waals surface area contributed by atoms with Gasteiger partial charge in [0.1, 0.15) is 5.75 Å². The fourth-order valence-electron chi connectivity index (χ4n) is 4.22. The van der Waals surface area contributed by atoms with E-state index in [1.165, 1.54) is 21.2 Å². The lowest BCUT2D eigenvalue weighted by Gasteiger charge is -2.27. The van der Waals surface area contributed by atoms with Crippen LogP contribution in [0.3, 0.4) is 0 Å². The normalized spacial score (nSPS) is 22.2. The van der Waals surface area contributed by atoms with Gasteiger partial charge in [-0.3, -0.25) is 4.90 Å². The van der Waals surface area contributed by atoms with Crippen LogP contribution in [0.2, 0.25) is 0 Å². The molecular formula is C21H18N2OS. The van der Waals surface area contributed by atoms with Crippen molar-refractivity contribution in [1.29, 1.82) is 5.26 Å². The fraction of sp³-hybridized carbons (Fsp3) is 0.286. The van der Waals surface area contributed by atoms with Crippen molar-refractivity contribution in [3.05, 3.63) is 64.5 Å². The molecule has 3 heterocycles. The van der Waals surface area contributed by atoms with Crippen LogP contribution in [0.4, 0.5) is 0 Å². The number of likely N-dealkylation sites (tertiary alicyclic amines) is 1. The molecule has 0 bridgehead atoms. The van der Waals surface area contributed by atoms with Crippen LogP contribution < -0.4 is 4.74 Å². The van der Waals surface area contributed by atoms with E-state index in [0.29, 0.717) is 11.8 Å². The highest BCUT2D eigenvalue weighted by molar-refractivity contribution is 7.17. The van der Waals surface area contributed by atoms with E-state index in [4.69, 9.17) is 4.74 Å². The quantitative estimate of drug-likeness (QED) is 0.691. The average Bonchev–Trinajstić information content (AvgIpc) is 3.27. The van der Waals surface area contributed by atoms with Gasteiger partial charge in [0.05, 0.1) is 18.2 Å². The minimum absolute atomic E-state index is 0.474. The largest absolute Gasteiger partial charge is 0.493 e. The minimum Gasteiger partial charge on any atom is -0.493 e. The Balaban J connectivity index is 1.39. The molecule has 124 valence electrons. The first kappa shape index (κ1) is 14.9. The van der Waals surface area contributed by atoms with Gasteiger partial charge in [0.25, 0.3) is 0 Å². The van der Waals surface area contributed by atoms with E-state index in [0.717, 1.165) is 37.6 Å². The number of rotatable bonds is 2. The molecule has 0 aliphatic carbocycles. The minimum atomic E-state index is 0.474. The highest BCUT2D eigenvalue weighted by atomic mass is 32.1. The first-order chi connectivity index (χ1) is 12.3. The van der Waals surface area contributed by atoms with Crippen LogP contribution in [0.25, 0.3) is 10.1 Å². The van der Waals surface area contributed by atoms with Crippen molar-refractivity contribution in [1.82, 2.24) is 4.90 Å². The van der Waals surface area contributed by atoms with Gasteiger partial charge in [0.15, 0.2) is 0 Å². The molecule has 2 atom stereocenters. The second-order valence-corrected chi connectivity index (χ2v) is 7.98. The van der Waals surface area contributed by atoms with E-state index in [1.807, 2.05) is 18.2 Å². The first-order valence-electron chi connectivity index (χ1n) is 8.65. The van der Waals surface area contributed by atoms with Gasteiger partial charge in [0.2, 0.25) is 0 Å². The van der Waals surface area contributed by atoms with Crippen LogP contribution in [-0.2, 0) is 6.54 Å². The lowest BCUT2D eigenvalue weighted by atomic mass is 9.86. The van der Waals surface area contributed by atoms with Crippen LogP contribution >= 0.6 is 11.3 Å². The maximum Gasteiger partial charge on any atom is 0.122 e. The molecule has 3 aromatic rings. The Hall–Kier alpha value is -2.35. The van der Waals surface area contributed by atoms with Gasteiger partial charge in [-0.1, -0.05) is 6.07 Å². The third kappa shape index (κ3) is 2.60. The van der Waals surface area contributed by atoms with Crippen molar-refractivity contribution in [3.63, 3.8) is 0 Å². The van der Waals surface area contributed by atoms with Crippen LogP contribution in [0.5, 0.6) is 5.75 Å². The molecular weight excluding hydrogens is 328 g/mol. The Labute approximate surface area is 151 Å². The molecule has 5 rings (SSSR count). The lowest BCUT2D eigenvalue weighted by molar-refractivity contribution is 0.212. The van der Waals surface area contributed by atoms with Crippen molar-refractivity contribution in [2.75, 3.05) is 19.7 Å². The lowest BCUT2D eigenvalue weighted by Crippen LogP contribution is -2.25. The standard InChI is InChI=1S/C21H18N2OS/c22-9-14-1-3-20-18(8-14)19-12-23(11-17(19)13-24-20)10-15-2-4-21-16(7-15)5-6-25-21/h1-8,17,19H,10-13H2/t17-,19+/m0/s1. The van der Waals surface area contributed by atoms with E-state index in [2.05, 4.69) is 40.6 Å². The van der Waals surface area contributed by atoms with Crippen molar-refractivity contribution in [3.8, 4) is 11.8 Å². The van der Waals surface area contributed by atoms with Gasteiger partial charge >= 0.3 is 0 Å². The molecule has 0 unspecified atom stereocenters. The summed E-state index contributed by atoms with van der Waals surface area (Å²) in [5.41, 5.74) is 3.31. The molecule has 3 nitrogen and oxygen atoms in total. The SMILES string of the molecule is N#Cc1ccc2c(c1)[C@@H]1CN(Cc3ccc4sccc4c3)C[C@H]1CO2. The topological polar surface area (TPSA) is 36.3 Å². The number of nitriles is 1. The van der Waals surface area contributed by atoms with Crippen LogP contribution in [-0.4, -0.2) is 24.6 Å². The number of ether oxygens (including phenoxy) is 1. The summed E-state index contributed by atoms with van der Waals surface area (Å²) in [6.45, 7) is 3.86. The third-order valence-corrected chi connectivity index (χ3v) is 6.33. The number of benzene rings is 2. The molecule has 1 aromatic heterocycles. The molecule has 1 saturated heterocycles. The predicted octanol–water partition coefficient (Wildman–Crippen LogP) is 4.38. The van der Waals surface area contributed by atoms with Gasteiger partial charge < -0.3 is 4.74 Å². The van der Waals surface area contributed by atoms with Crippen LogP contribution in [0, 0.1) is 17.2 Å². The van der Waals surface area contributed by atoms with E-state index in [9.17, 15) is 5.26 Å². The first-order valence-corrected chi connectivity index (χ1v) is 9.53. The molecule has 0 amide bonds. The van der Waals surface area contributed by atoms with Crippen molar-refractivity contribution in [2.45, 2.75) is 12.5 Å². The summed E-state index contributed by atoms with van der Waals surface area (Å²) in [6.07, 6.45) is 0. The third-order valence-electron chi connectivity index (χ3n) is 5.43. The van der Waals surface area contributed by atoms with Crippen LogP contribution in [0.15, 0.2) is 47.8 Å². The maximum absolute atomic E-state index is 9.19. The average molecular weight is 346 g/mol. The van der Waals surface area contributed by atoms with E-state index in [1.54, 1.807) is 11.3 Å². The molecule has 4 heteroatoms. The zero-order valence-electron chi connectivity index (χ0n) is 13.8. The maximum atomic E-state index is 9.19. The van der Waals surface area contributed by atoms with Gasteiger partial charge in [0, 0.05) is 41.7 Å². The Morgan fingerprint density at radius 1 is 1.16 bits per heavy atom. The number of hydrogen-bond donors (Lipinski definition) is 0. The fourth-order valence-corrected chi connectivity index (χ4v) is 4.99. The monoisotopic (exact) mass is 346 g/mol. The second kappa shape index (κ2) is 5.87. The van der Waals surface area contributed by atoms with Gasteiger partial charge in [-0.05, 0) is 52.7 Å².